The molecule has 1 aliphatic rings. The summed E-state index contributed by atoms with van der Waals surface area (Å²) in [5.41, 5.74) is 1.79. The van der Waals surface area contributed by atoms with E-state index in [1.165, 1.54) is 12.8 Å². The second kappa shape index (κ2) is 4.99. The molecule has 2 nitrogen and oxygen atoms in total. The minimum atomic E-state index is -0.0202. The van der Waals surface area contributed by atoms with Gasteiger partial charge in [-0.25, -0.2) is 0 Å². The van der Waals surface area contributed by atoms with Crippen LogP contribution in [0.25, 0.3) is 0 Å². The maximum absolute atomic E-state index is 11.6. The number of carbonyl (C=O) groups is 1. The molecule has 0 saturated carbocycles. The topological polar surface area (TPSA) is 29.1 Å². The highest BCUT2D eigenvalue weighted by Gasteiger charge is 2.14. The van der Waals surface area contributed by atoms with E-state index < -0.39 is 0 Å². The number of rotatable bonds is 3. The highest BCUT2D eigenvalue weighted by atomic mass is 16.1. The predicted octanol–water partition coefficient (Wildman–Crippen LogP) is 2.57. The molecule has 1 aliphatic carbocycles. The van der Waals surface area contributed by atoms with Crippen molar-refractivity contribution in [1.82, 2.24) is 5.32 Å². The lowest BCUT2D eigenvalue weighted by molar-refractivity contribution is -0.117. The van der Waals surface area contributed by atoms with Gasteiger partial charge in [-0.1, -0.05) is 12.7 Å². The van der Waals surface area contributed by atoms with E-state index in [1.54, 1.807) is 0 Å². The summed E-state index contributed by atoms with van der Waals surface area (Å²) in [6.07, 6.45) is 6.65. The summed E-state index contributed by atoms with van der Waals surface area (Å²) in [4.78, 5) is 11.6. The Morgan fingerprint density at radius 2 is 2.21 bits per heavy atom. The van der Waals surface area contributed by atoms with E-state index in [1.807, 2.05) is 13.8 Å². The van der Waals surface area contributed by atoms with Crippen molar-refractivity contribution < 1.29 is 4.79 Å². The molecular weight excluding hydrogens is 174 g/mol. The second-order valence-electron chi connectivity index (χ2n) is 4.08. The first-order chi connectivity index (χ1) is 6.61. The van der Waals surface area contributed by atoms with Crippen LogP contribution in [0.4, 0.5) is 0 Å². The van der Waals surface area contributed by atoms with Gasteiger partial charge in [0.2, 0.25) is 0 Å². The third kappa shape index (κ3) is 3.02. The van der Waals surface area contributed by atoms with Crippen molar-refractivity contribution in [1.29, 1.82) is 0 Å². The van der Waals surface area contributed by atoms with Gasteiger partial charge in [0, 0.05) is 11.6 Å². The molecule has 0 heterocycles. The van der Waals surface area contributed by atoms with Gasteiger partial charge < -0.3 is 5.32 Å². The first-order valence-electron chi connectivity index (χ1n) is 5.30. The number of nitrogens with one attached hydrogen (secondary N) is 1. The van der Waals surface area contributed by atoms with Crippen LogP contribution >= 0.6 is 0 Å². The Morgan fingerprint density at radius 3 is 2.71 bits per heavy atom. The number of carbonyl (C=O) groups excluding carboxylic acids is 1. The Balaban J connectivity index is 2.55. The lowest BCUT2D eigenvalue weighted by Crippen LogP contribution is -2.31. The van der Waals surface area contributed by atoms with Crippen molar-refractivity contribution in [3.63, 3.8) is 0 Å². The summed E-state index contributed by atoms with van der Waals surface area (Å²) in [6.45, 7) is 7.77. The number of hydrogen-bond donors (Lipinski definition) is 1. The van der Waals surface area contributed by atoms with E-state index in [0.717, 1.165) is 18.4 Å². The van der Waals surface area contributed by atoms with E-state index in [0.29, 0.717) is 5.57 Å². The van der Waals surface area contributed by atoms with Gasteiger partial charge in [0.1, 0.15) is 0 Å². The largest absolute Gasteiger partial charge is 0.350 e. The molecule has 0 aromatic heterocycles. The van der Waals surface area contributed by atoms with Gasteiger partial charge in [0.25, 0.3) is 5.91 Å². The molecule has 0 unspecified atom stereocenters. The molecular formula is C12H19NO. The second-order valence-corrected chi connectivity index (χ2v) is 4.08. The zero-order valence-corrected chi connectivity index (χ0v) is 9.10. The van der Waals surface area contributed by atoms with Crippen molar-refractivity contribution in [2.75, 3.05) is 0 Å². The van der Waals surface area contributed by atoms with E-state index in [-0.39, 0.29) is 11.9 Å². The van der Waals surface area contributed by atoms with E-state index in [4.69, 9.17) is 0 Å². The Morgan fingerprint density at radius 1 is 1.50 bits per heavy atom. The van der Waals surface area contributed by atoms with E-state index in [2.05, 4.69) is 18.0 Å². The van der Waals surface area contributed by atoms with Crippen molar-refractivity contribution in [2.24, 2.45) is 0 Å². The molecule has 1 rings (SSSR count). The van der Waals surface area contributed by atoms with Crippen LogP contribution in [0.3, 0.4) is 0 Å². The molecule has 0 aromatic carbocycles. The lowest BCUT2D eigenvalue weighted by atomic mass is 9.94. The fraction of sp³-hybridized carbons (Fsp3) is 0.583. The van der Waals surface area contributed by atoms with Gasteiger partial charge >= 0.3 is 0 Å². The van der Waals surface area contributed by atoms with Crippen molar-refractivity contribution in [2.45, 2.75) is 45.6 Å². The summed E-state index contributed by atoms with van der Waals surface area (Å²) in [7, 11) is 0. The standard InChI is InChI=1S/C12H19NO/c1-9(2)13-12(14)10(3)11-7-5-4-6-8-11/h7,9H,3-6,8H2,1-2H3,(H,13,14). The molecule has 0 bridgehead atoms. The summed E-state index contributed by atoms with van der Waals surface area (Å²) < 4.78 is 0. The molecule has 0 spiro atoms. The van der Waals surface area contributed by atoms with Crippen LogP contribution in [0.5, 0.6) is 0 Å². The fourth-order valence-corrected chi connectivity index (χ4v) is 1.61. The molecule has 78 valence electrons. The van der Waals surface area contributed by atoms with E-state index in [9.17, 15) is 4.79 Å². The molecule has 1 N–H and O–H groups in total. The average Bonchev–Trinajstić information content (AvgIpc) is 2.17. The SMILES string of the molecule is C=C(C(=O)NC(C)C)C1=CCCCC1. The van der Waals surface area contributed by atoms with Crippen LogP contribution in [0, 0.1) is 0 Å². The summed E-state index contributed by atoms with van der Waals surface area (Å²) in [6, 6.07) is 0.184. The predicted molar refractivity (Wildman–Crippen MR) is 59.0 cm³/mol. The molecule has 14 heavy (non-hydrogen) atoms. The zero-order chi connectivity index (χ0) is 10.6. The molecule has 1 amide bonds. The number of hydrogen-bond acceptors (Lipinski definition) is 1. The van der Waals surface area contributed by atoms with Gasteiger partial charge in [0.15, 0.2) is 0 Å². The molecule has 0 aliphatic heterocycles. The van der Waals surface area contributed by atoms with Gasteiger partial charge in [-0.05, 0) is 45.1 Å². The molecule has 2 heteroatoms. The Bertz CT molecular complexity index is 263. The summed E-state index contributed by atoms with van der Waals surface area (Å²) in [5.74, 6) is -0.0202. The van der Waals surface area contributed by atoms with Crippen LogP contribution in [0.1, 0.15) is 39.5 Å². The maximum Gasteiger partial charge on any atom is 0.251 e. The Labute approximate surface area is 86.1 Å². The third-order valence-corrected chi connectivity index (χ3v) is 2.37. The molecule has 0 atom stereocenters. The molecule has 0 saturated heterocycles. The van der Waals surface area contributed by atoms with Crippen molar-refractivity contribution >= 4 is 5.91 Å². The Kier molecular flexibility index (Phi) is 3.93. The highest BCUT2D eigenvalue weighted by Crippen LogP contribution is 2.22. The summed E-state index contributed by atoms with van der Waals surface area (Å²) >= 11 is 0. The first kappa shape index (κ1) is 11.0. The minimum Gasteiger partial charge on any atom is -0.350 e. The highest BCUT2D eigenvalue weighted by molar-refractivity contribution is 5.97. The normalized spacial score (nSPS) is 16.4. The smallest absolute Gasteiger partial charge is 0.251 e. The first-order valence-corrected chi connectivity index (χ1v) is 5.30. The maximum atomic E-state index is 11.6. The van der Waals surface area contributed by atoms with Crippen molar-refractivity contribution in [3.05, 3.63) is 23.8 Å². The Hall–Kier alpha value is -1.05. The molecule has 0 aromatic rings. The van der Waals surface area contributed by atoms with Crippen LogP contribution in [-0.4, -0.2) is 11.9 Å². The summed E-state index contributed by atoms with van der Waals surface area (Å²) in [5, 5.41) is 2.86. The van der Waals surface area contributed by atoms with Crippen molar-refractivity contribution in [3.8, 4) is 0 Å². The van der Waals surface area contributed by atoms with Crippen LogP contribution in [0.2, 0.25) is 0 Å². The van der Waals surface area contributed by atoms with Crippen LogP contribution < -0.4 is 5.32 Å². The quantitative estimate of drug-likeness (QED) is 0.686. The number of allylic oxidation sites excluding steroid dienone is 1. The minimum absolute atomic E-state index is 0.0202. The monoisotopic (exact) mass is 193 g/mol. The van der Waals surface area contributed by atoms with Crippen LogP contribution in [-0.2, 0) is 4.79 Å². The lowest BCUT2D eigenvalue weighted by Gasteiger charge is -2.16. The fourth-order valence-electron chi connectivity index (χ4n) is 1.61. The molecule has 0 fully saturated rings. The zero-order valence-electron chi connectivity index (χ0n) is 9.10. The number of amides is 1. The van der Waals surface area contributed by atoms with E-state index >= 15 is 0 Å². The third-order valence-electron chi connectivity index (χ3n) is 2.37. The van der Waals surface area contributed by atoms with Gasteiger partial charge in [0.05, 0.1) is 0 Å². The van der Waals surface area contributed by atoms with Gasteiger partial charge in [-0.2, -0.15) is 0 Å². The van der Waals surface area contributed by atoms with Gasteiger partial charge in [-0.15, -0.1) is 0 Å². The average molecular weight is 193 g/mol. The van der Waals surface area contributed by atoms with Gasteiger partial charge in [-0.3, -0.25) is 4.79 Å². The van der Waals surface area contributed by atoms with Crippen LogP contribution in [0.15, 0.2) is 23.8 Å². The molecule has 0 radical (unpaired) electrons.